The zero-order valence-electron chi connectivity index (χ0n) is 19.0. The smallest absolute Gasteiger partial charge is 0.260 e. The Kier molecular flexibility index (Phi) is 5.29. The summed E-state index contributed by atoms with van der Waals surface area (Å²) in [6, 6.07) is 4.51. The molecule has 170 valence electrons. The van der Waals surface area contributed by atoms with Gasteiger partial charge >= 0.3 is 0 Å². The van der Waals surface area contributed by atoms with Crippen molar-refractivity contribution in [3.63, 3.8) is 0 Å². The van der Waals surface area contributed by atoms with Gasteiger partial charge in [0.05, 0.1) is 30.1 Å². The number of carbonyl (C=O) groups excluding carboxylic acids is 1. The fourth-order valence-electron chi connectivity index (χ4n) is 4.45. The third-order valence-electron chi connectivity index (χ3n) is 5.68. The number of amides is 1. The number of piperazine rings is 1. The first-order valence-corrected chi connectivity index (χ1v) is 10.9. The Morgan fingerprint density at radius 2 is 1.97 bits per heavy atom. The first kappa shape index (κ1) is 21.1. The van der Waals surface area contributed by atoms with Crippen LogP contribution in [0.5, 0.6) is 5.88 Å². The number of anilines is 2. The van der Waals surface area contributed by atoms with E-state index in [1.54, 1.807) is 23.0 Å². The van der Waals surface area contributed by atoms with Crippen molar-refractivity contribution < 1.29 is 9.53 Å². The molecule has 0 unspecified atom stereocenters. The van der Waals surface area contributed by atoms with E-state index in [1.807, 2.05) is 25.3 Å². The molecule has 1 aliphatic heterocycles. The number of ether oxygens (including phenoxy) is 1. The minimum atomic E-state index is -0.342. The molecule has 0 aliphatic carbocycles. The van der Waals surface area contributed by atoms with Crippen LogP contribution in [-0.4, -0.2) is 62.5 Å². The van der Waals surface area contributed by atoms with Crippen LogP contribution in [0.4, 0.5) is 11.6 Å². The third-order valence-corrected chi connectivity index (χ3v) is 5.68. The number of nitrogens with zero attached hydrogens (tertiary/aromatic N) is 6. The average Bonchev–Trinajstić information content (AvgIpc) is 3.17. The van der Waals surface area contributed by atoms with Gasteiger partial charge in [-0.1, -0.05) is 0 Å². The summed E-state index contributed by atoms with van der Waals surface area (Å²) in [6.45, 7) is 7.87. The summed E-state index contributed by atoms with van der Waals surface area (Å²) in [5.41, 5.74) is 2.40. The van der Waals surface area contributed by atoms with Crippen LogP contribution in [0.3, 0.4) is 0 Å². The van der Waals surface area contributed by atoms with E-state index in [0.717, 1.165) is 30.0 Å². The number of fused-ring (bicyclic) bond motifs is 2. The summed E-state index contributed by atoms with van der Waals surface area (Å²) in [5.74, 6) is 1.18. The van der Waals surface area contributed by atoms with Crippen LogP contribution in [-0.2, 0) is 0 Å². The molecule has 1 aliphatic rings. The molecule has 1 saturated heterocycles. The molecule has 10 heteroatoms. The van der Waals surface area contributed by atoms with Gasteiger partial charge in [0.1, 0.15) is 5.82 Å². The van der Waals surface area contributed by atoms with Crippen molar-refractivity contribution in [2.75, 3.05) is 30.4 Å². The number of nitrogens with one attached hydrogen (secondary N) is 2. The van der Waals surface area contributed by atoms with E-state index < -0.39 is 0 Å². The number of aromatic nitrogens is 5. The molecule has 0 bridgehead atoms. The Hall–Kier alpha value is -3.79. The summed E-state index contributed by atoms with van der Waals surface area (Å²) >= 11 is 0. The van der Waals surface area contributed by atoms with Gasteiger partial charge in [-0.05, 0) is 32.9 Å². The summed E-state index contributed by atoms with van der Waals surface area (Å²) < 4.78 is 7.14. The van der Waals surface area contributed by atoms with Gasteiger partial charge in [-0.25, -0.2) is 9.97 Å². The Morgan fingerprint density at radius 3 is 2.73 bits per heavy atom. The SMILES string of the molecule is COc1nc(NC(=O)c2cnc(N3C[C@@H](C)N[C@H](C)C3)c3cccnc23)cn2cc(C)nc12. The average molecular weight is 447 g/mol. The monoisotopic (exact) mass is 446 g/mol. The van der Waals surface area contributed by atoms with Crippen molar-refractivity contribution in [1.29, 1.82) is 0 Å². The molecular formula is C23H26N8O2. The number of rotatable bonds is 4. The quantitative estimate of drug-likeness (QED) is 0.492. The maximum Gasteiger partial charge on any atom is 0.260 e. The molecule has 1 amide bonds. The lowest BCUT2D eigenvalue weighted by atomic mass is 10.1. The summed E-state index contributed by atoms with van der Waals surface area (Å²) in [5, 5.41) is 7.24. The zero-order chi connectivity index (χ0) is 23.1. The molecule has 2 atom stereocenters. The number of aryl methyl sites for hydroxylation is 1. The van der Waals surface area contributed by atoms with Gasteiger partial charge < -0.3 is 20.3 Å². The van der Waals surface area contributed by atoms with Crippen molar-refractivity contribution in [1.82, 2.24) is 29.7 Å². The van der Waals surface area contributed by atoms with E-state index in [0.29, 0.717) is 40.5 Å². The summed E-state index contributed by atoms with van der Waals surface area (Å²) in [6.07, 6.45) is 6.83. The molecule has 4 aromatic heterocycles. The van der Waals surface area contributed by atoms with Crippen LogP contribution < -0.4 is 20.3 Å². The maximum absolute atomic E-state index is 13.2. The van der Waals surface area contributed by atoms with E-state index >= 15 is 0 Å². The van der Waals surface area contributed by atoms with Crippen molar-refractivity contribution >= 4 is 34.1 Å². The number of hydrogen-bond donors (Lipinski definition) is 2. The van der Waals surface area contributed by atoms with E-state index in [9.17, 15) is 4.79 Å². The first-order valence-electron chi connectivity index (χ1n) is 10.9. The highest BCUT2D eigenvalue weighted by Gasteiger charge is 2.25. The Bertz CT molecular complexity index is 1340. The zero-order valence-corrected chi connectivity index (χ0v) is 19.0. The maximum atomic E-state index is 13.2. The molecule has 5 rings (SSSR count). The van der Waals surface area contributed by atoms with Gasteiger partial charge in [0, 0.05) is 49.1 Å². The molecule has 4 aromatic rings. The van der Waals surface area contributed by atoms with Crippen LogP contribution in [0.15, 0.2) is 36.9 Å². The lowest BCUT2D eigenvalue weighted by molar-refractivity contribution is 0.102. The first-order chi connectivity index (χ1) is 15.9. The lowest BCUT2D eigenvalue weighted by Crippen LogP contribution is -2.54. The van der Waals surface area contributed by atoms with Crippen molar-refractivity contribution in [2.45, 2.75) is 32.9 Å². The summed E-state index contributed by atoms with van der Waals surface area (Å²) in [4.78, 5) is 33.5. The number of carbonyl (C=O) groups is 1. The number of pyridine rings is 2. The van der Waals surface area contributed by atoms with E-state index in [1.165, 1.54) is 7.11 Å². The summed E-state index contributed by atoms with van der Waals surface area (Å²) in [7, 11) is 1.52. The Labute approximate surface area is 191 Å². The topological polar surface area (TPSA) is 110 Å². The molecule has 1 fully saturated rings. The normalized spacial score (nSPS) is 18.6. The lowest BCUT2D eigenvalue weighted by Gasteiger charge is -2.37. The minimum Gasteiger partial charge on any atom is -0.478 e. The second-order valence-corrected chi connectivity index (χ2v) is 8.47. The molecule has 33 heavy (non-hydrogen) atoms. The molecule has 5 heterocycles. The fraction of sp³-hybridized carbons (Fsp3) is 0.348. The van der Waals surface area contributed by atoms with Crippen LogP contribution >= 0.6 is 0 Å². The van der Waals surface area contributed by atoms with Crippen LogP contribution in [0, 0.1) is 6.92 Å². The molecule has 0 spiro atoms. The predicted molar refractivity (Wildman–Crippen MR) is 126 cm³/mol. The molecule has 10 nitrogen and oxygen atoms in total. The number of imidazole rings is 1. The molecular weight excluding hydrogens is 420 g/mol. The van der Waals surface area contributed by atoms with Gasteiger partial charge in [0.15, 0.2) is 5.82 Å². The van der Waals surface area contributed by atoms with Crippen molar-refractivity contribution in [3.8, 4) is 5.88 Å². The molecule has 0 aromatic carbocycles. The van der Waals surface area contributed by atoms with Crippen molar-refractivity contribution in [3.05, 3.63) is 48.2 Å². The molecule has 2 N–H and O–H groups in total. The largest absolute Gasteiger partial charge is 0.478 e. The fourth-order valence-corrected chi connectivity index (χ4v) is 4.45. The van der Waals surface area contributed by atoms with Gasteiger partial charge in [0.25, 0.3) is 11.8 Å². The standard InChI is InChI=1S/C23H26N8O2/c1-13-9-30(10-14(2)26-13)20-16-6-5-7-24-19(16)17(8-25-20)22(32)28-18-12-31-11-15(3)27-21(31)23(29-18)33-4/h5-8,11-14,26H,9-10H2,1-4H3,(H,28,32)/t13-,14-/m1/s1. The highest BCUT2D eigenvalue weighted by Crippen LogP contribution is 2.28. The highest BCUT2D eigenvalue weighted by atomic mass is 16.5. The van der Waals surface area contributed by atoms with Gasteiger partial charge in [-0.3, -0.25) is 14.2 Å². The number of methoxy groups -OCH3 is 1. The van der Waals surface area contributed by atoms with E-state index in [-0.39, 0.29) is 5.91 Å². The van der Waals surface area contributed by atoms with Crippen LogP contribution in [0.1, 0.15) is 29.9 Å². The van der Waals surface area contributed by atoms with E-state index in [2.05, 4.69) is 49.3 Å². The Morgan fingerprint density at radius 1 is 1.18 bits per heavy atom. The van der Waals surface area contributed by atoms with Crippen LogP contribution in [0.25, 0.3) is 16.6 Å². The molecule has 0 radical (unpaired) electrons. The van der Waals surface area contributed by atoms with Gasteiger partial charge in [-0.2, -0.15) is 4.98 Å². The molecule has 0 saturated carbocycles. The van der Waals surface area contributed by atoms with Gasteiger partial charge in [0.2, 0.25) is 5.65 Å². The number of hydrogen-bond acceptors (Lipinski definition) is 8. The van der Waals surface area contributed by atoms with Crippen molar-refractivity contribution in [2.24, 2.45) is 0 Å². The van der Waals surface area contributed by atoms with Crippen LogP contribution in [0.2, 0.25) is 0 Å². The predicted octanol–water partition coefficient (Wildman–Crippen LogP) is 2.43. The van der Waals surface area contributed by atoms with E-state index in [4.69, 9.17) is 4.74 Å². The third kappa shape index (κ3) is 3.93. The van der Waals surface area contributed by atoms with Gasteiger partial charge in [-0.15, -0.1) is 0 Å². The minimum absolute atomic E-state index is 0.333. The Balaban J connectivity index is 1.50. The second-order valence-electron chi connectivity index (χ2n) is 8.47. The second kappa shape index (κ2) is 8.28. The highest BCUT2D eigenvalue weighted by molar-refractivity contribution is 6.12.